The molecule has 1 fully saturated rings. The van der Waals surface area contributed by atoms with Crippen LogP contribution in [0, 0.1) is 0 Å². The summed E-state index contributed by atoms with van der Waals surface area (Å²) in [6.07, 6.45) is 7.38. The van der Waals surface area contributed by atoms with Crippen molar-refractivity contribution >= 4 is 5.78 Å². The van der Waals surface area contributed by atoms with Crippen LogP contribution in [0.4, 0.5) is 0 Å². The second-order valence-electron chi connectivity index (χ2n) is 4.53. The lowest BCUT2D eigenvalue weighted by molar-refractivity contribution is 0.0971. The van der Waals surface area contributed by atoms with Crippen molar-refractivity contribution in [3.8, 4) is 0 Å². The summed E-state index contributed by atoms with van der Waals surface area (Å²) >= 11 is 0. The lowest BCUT2D eigenvalue weighted by atomic mass is 10.1. The molecule has 2 rings (SSSR count). The lowest BCUT2D eigenvalue weighted by Crippen LogP contribution is -2.30. The molecule has 1 saturated heterocycles. The van der Waals surface area contributed by atoms with Crippen LogP contribution < -0.4 is 5.32 Å². The van der Waals surface area contributed by atoms with Gasteiger partial charge in [-0.2, -0.15) is 0 Å². The maximum absolute atomic E-state index is 12.0. The van der Waals surface area contributed by atoms with E-state index in [0.717, 1.165) is 38.0 Å². The molecule has 0 atom stereocenters. The molecule has 1 aliphatic heterocycles. The molecule has 2 heterocycles. The Labute approximate surface area is 103 Å². The Balaban J connectivity index is 2.09. The number of carbonyl (C=O) groups is 1. The number of allylic oxidation sites excluding steroid dienone is 1. The zero-order chi connectivity index (χ0) is 12.1. The summed E-state index contributed by atoms with van der Waals surface area (Å²) in [5.41, 5.74) is 0.860. The molecule has 3 nitrogen and oxygen atoms in total. The smallest absolute Gasteiger partial charge is 0.179 e. The fourth-order valence-electron chi connectivity index (χ4n) is 2.39. The van der Waals surface area contributed by atoms with E-state index in [4.69, 9.17) is 0 Å². The first kappa shape index (κ1) is 12.1. The van der Waals surface area contributed by atoms with E-state index in [-0.39, 0.29) is 5.78 Å². The van der Waals surface area contributed by atoms with Crippen molar-refractivity contribution in [1.82, 2.24) is 9.88 Å². The van der Waals surface area contributed by atoms with Crippen molar-refractivity contribution in [3.05, 3.63) is 36.7 Å². The minimum atomic E-state index is 0.230. The van der Waals surface area contributed by atoms with Crippen molar-refractivity contribution in [2.24, 2.45) is 0 Å². The number of nitrogens with one attached hydrogen (secondary N) is 1. The van der Waals surface area contributed by atoms with Crippen molar-refractivity contribution in [2.45, 2.75) is 31.7 Å². The normalized spacial score (nSPS) is 16.9. The molecule has 3 heteroatoms. The predicted octanol–water partition coefficient (Wildman–Crippen LogP) is 2.56. The van der Waals surface area contributed by atoms with Crippen LogP contribution >= 0.6 is 0 Å². The molecule has 1 N–H and O–H groups in total. The van der Waals surface area contributed by atoms with Gasteiger partial charge in [-0.3, -0.25) is 4.79 Å². The Morgan fingerprint density at radius 1 is 1.53 bits per heavy atom. The average molecular weight is 232 g/mol. The van der Waals surface area contributed by atoms with Gasteiger partial charge in [0.2, 0.25) is 0 Å². The molecule has 0 amide bonds. The zero-order valence-corrected chi connectivity index (χ0v) is 10.2. The average Bonchev–Trinajstić information content (AvgIpc) is 2.86. The van der Waals surface area contributed by atoms with Gasteiger partial charge < -0.3 is 9.88 Å². The molecule has 0 spiro atoms. The first-order chi connectivity index (χ1) is 8.33. The van der Waals surface area contributed by atoms with Gasteiger partial charge >= 0.3 is 0 Å². The standard InChI is InChI=1S/C14H20N2O/c1-2-3-6-14(17)13-5-4-11-16(13)12-7-9-15-10-8-12/h2,4-5,11-12,15H,1,3,6-10H2. The zero-order valence-electron chi connectivity index (χ0n) is 10.2. The number of Topliss-reactive ketones (excluding diaryl/α,β-unsaturated/α-hetero) is 1. The van der Waals surface area contributed by atoms with Gasteiger partial charge in [0.1, 0.15) is 0 Å². The van der Waals surface area contributed by atoms with Crippen LogP contribution in [0.5, 0.6) is 0 Å². The quantitative estimate of drug-likeness (QED) is 0.625. The fraction of sp³-hybridized carbons (Fsp3) is 0.500. The molecule has 0 bridgehead atoms. The summed E-state index contributed by atoms with van der Waals surface area (Å²) in [5, 5.41) is 3.35. The van der Waals surface area contributed by atoms with Gasteiger partial charge in [-0.15, -0.1) is 6.58 Å². The third kappa shape index (κ3) is 2.86. The van der Waals surface area contributed by atoms with Crippen LogP contribution in [-0.4, -0.2) is 23.4 Å². The molecule has 0 aliphatic carbocycles. The Kier molecular flexibility index (Phi) is 4.15. The van der Waals surface area contributed by atoms with E-state index in [0.29, 0.717) is 12.5 Å². The Morgan fingerprint density at radius 3 is 3.00 bits per heavy atom. The van der Waals surface area contributed by atoms with Gasteiger partial charge in [0, 0.05) is 18.7 Å². The minimum absolute atomic E-state index is 0.230. The molecule has 1 aromatic rings. The second kappa shape index (κ2) is 5.82. The van der Waals surface area contributed by atoms with Crippen molar-refractivity contribution in [1.29, 1.82) is 0 Å². The summed E-state index contributed by atoms with van der Waals surface area (Å²) in [7, 11) is 0. The van der Waals surface area contributed by atoms with Gasteiger partial charge in [-0.25, -0.2) is 0 Å². The van der Waals surface area contributed by atoms with Crippen LogP contribution in [0.15, 0.2) is 31.0 Å². The topological polar surface area (TPSA) is 34.0 Å². The molecular formula is C14H20N2O. The van der Waals surface area contributed by atoms with E-state index in [9.17, 15) is 4.79 Å². The molecule has 17 heavy (non-hydrogen) atoms. The summed E-state index contributed by atoms with van der Waals surface area (Å²) in [6, 6.07) is 4.39. The van der Waals surface area contributed by atoms with Crippen LogP contribution in [-0.2, 0) is 0 Å². The second-order valence-corrected chi connectivity index (χ2v) is 4.53. The van der Waals surface area contributed by atoms with E-state index < -0.39 is 0 Å². The Hall–Kier alpha value is -1.35. The number of carbonyl (C=O) groups excluding carboxylic acids is 1. The highest BCUT2D eigenvalue weighted by molar-refractivity contribution is 5.94. The van der Waals surface area contributed by atoms with Gasteiger partial charge in [-0.05, 0) is 44.5 Å². The molecular weight excluding hydrogens is 212 g/mol. The van der Waals surface area contributed by atoms with Crippen LogP contribution in [0.1, 0.15) is 42.2 Å². The number of nitrogens with zero attached hydrogens (tertiary/aromatic N) is 1. The van der Waals surface area contributed by atoms with Gasteiger partial charge in [-0.1, -0.05) is 6.08 Å². The summed E-state index contributed by atoms with van der Waals surface area (Å²) in [5.74, 6) is 0.230. The fourth-order valence-corrected chi connectivity index (χ4v) is 2.39. The van der Waals surface area contributed by atoms with Crippen LogP contribution in [0.2, 0.25) is 0 Å². The number of aromatic nitrogens is 1. The Morgan fingerprint density at radius 2 is 2.29 bits per heavy atom. The monoisotopic (exact) mass is 232 g/mol. The van der Waals surface area contributed by atoms with Gasteiger partial charge in [0.05, 0.1) is 5.69 Å². The Bertz CT molecular complexity index is 389. The predicted molar refractivity (Wildman–Crippen MR) is 69.3 cm³/mol. The van der Waals surface area contributed by atoms with Gasteiger partial charge in [0.25, 0.3) is 0 Å². The van der Waals surface area contributed by atoms with Gasteiger partial charge in [0.15, 0.2) is 5.78 Å². The first-order valence-electron chi connectivity index (χ1n) is 6.34. The van der Waals surface area contributed by atoms with Crippen molar-refractivity contribution in [2.75, 3.05) is 13.1 Å². The number of hydrogen-bond acceptors (Lipinski definition) is 2. The summed E-state index contributed by atoms with van der Waals surface area (Å²) < 4.78 is 2.16. The summed E-state index contributed by atoms with van der Waals surface area (Å²) in [6.45, 7) is 5.75. The number of ketones is 1. The van der Waals surface area contributed by atoms with E-state index in [2.05, 4.69) is 16.5 Å². The molecule has 0 saturated carbocycles. The van der Waals surface area contributed by atoms with Crippen LogP contribution in [0.25, 0.3) is 0 Å². The number of hydrogen-bond donors (Lipinski definition) is 1. The summed E-state index contributed by atoms with van der Waals surface area (Å²) in [4.78, 5) is 12.0. The minimum Gasteiger partial charge on any atom is -0.342 e. The highest BCUT2D eigenvalue weighted by atomic mass is 16.1. The maximum atomic E-state index is 12.0. The largest absolute Gasteiger partial charge is 0.342 e. The van der Waals surface area contributed by atoms with Crippen LogP contribution in [0.3, 0.4) is 0 Å². The SMILES string of the molecule is C=CCCC(=O)c1cccn1C1CCNCC1. The number of piperidine rings is 1. The third-order valence-corrected chi connectivity index (χ3v) is 3.34. The van der Waals surface area contributed by atoms with E-state index in [1.807, 2.05) is 18.3 Å². The van der Waals surface area contributed by atoms with Crippen molar-refractivity contribution < 1.29 is 4.79 Å². The molecule has 0 aromatic carbocycles. The molecule has 0 radical (unpaired) electrons. The van der Waals surface area contributed by atoms with Crippen molar-refractivity contribution in [3.63, 3.8) is 0 Å². The highest BCUT2D eigenvalue weighted by Crippen LogP contribution is 2.22. The molecule has 1 aliphatic rings. The maximum Gasteiger partial charge on any atom is 0.179 e. The lowest BCUT2D eigenvalue weighted by Gasteiger charge is -2.25. The number of rotatable bonds is 5. The molecule has 92 valence electrons. The molecule has 1 aromatic heterocycles. The van der Waals surface area contributed by atoms with E-state index in [1.165, 1.54) is 0 Å². The molecule has 0 unspecified atom stereocenters. The van der Waals surface area contributed by atoms with E-state index in [1.54, 1.807) is 6.08 Å². The first-order valence-corrected chi connectivity index (χ1v) is 6.34. The third-order valence-electron chi connectivity index (χ3n) is 3.34. The highest BCUT2D eigenvalue weighted by Gasteiger charge is 2.19. The van der Waals surface area contributed by atoms with E-state index >= 15 is 0 Å².